The molecular weight excluding hydrogens is 294 g/mol. The van der Waals surface area contributed by atoms with Gasteiger partial charge in [-0.3, -0.25) is 4.79 Å². The molecule has 3 N–H and O–H groups in total. The quantitative estimate of drug-likeness (QED) is 0.728. The van der Waals surface area contributed by atoms with Gasteiger partial charge in [0.15, 0.2) is 0 Å². The van der Waals surface area contributed by atoms with E-state index in [1.54, 1.807) is 6.92 Å². The van der Waals surface area contributed by atoms with Crippen LogP contribution in [0.25, 0.3) is 0 Å². The molecule has 0 bridgehead atoms. The topological polar surface area (TPSA) is 81.7 Å². The number of piperidine rings is 1. The van der Waals surface area contributed by atoms with E-state index in [0.29, 0.717) is 11.8 Å². The fraction of sp³-hybridized carbons (Fsp3) is 0.882. The van der Waals surface area contributed by atoms with Crippen molar-refractivity contribution < 1.29 is 14.7 Å². The normalized spacial score (nSPS) is 32.8. The zero-order valence-electron chi connectivity index (χ0n) is 14.2. The third kappa shape index (κ3) is 3.62. The van der Waals surface area contributed by atoms with Crippen LogP contribution in [0.5, 0.6) is 0 Å². The van der Waals surface area contributed by atoms with Gasteiger partial charge >= 0.3 is 6.03 Å². The van der Waals surface area contributed by atoms with Crippen LogP contribution in [0, 0.1) is 11.8 Å². The second kappa shape index (κ2) is 6.30. The molecule has 3 aliphatic rings. The summed E-state index contributed by atoms with van der Waals surface area (Å²) < 4.78 is 0. The number of hydrogen-bond acceptors (Lipinski definition) is 3. The second-order valence-corrected chi connectivity index (χ2v) is 7.73. The van der Waals surface area contributed by atoms with E-state index in [1.165, 1.54) is 0 Å². The molecule has 3 atom stereocenters. The fourth-order valence-corrected chi connectivity index (χ4v) is 4.06. The maximum Gasteiger partial charge on any atom is 0.315 e. The van der Waals surface area contributed by atoms with Gasteiger partial charge in [0.2, 0.25) is 5.91 Å². The molecule has 3 rings (SSSR count). The Morgan fingerprint density at radius 3 is 2.30 bits per heavy atom. The Bertz CT molecular complexity index is 462. The summed E-state index contributed by atoms with van der Waals surface area (Å²) in [7, 11) is 0. The number of nitrogens with one attached hydrogen (secondary N) is 2. The van der Waals surface area contributed by atoms with E-state index in [1.807, 2.05) is 4.90 Å². The van der Waals surface area contributed by atoms with Crippen LogP contribution in [-0.2, 0) is 4.79 Å². The van der Waals surface area contributed by atoms with Crippen molar-refractivity contribution in [3.8, 4) is 0 Å². The summed E-state index contributed by atoms with van der Waals surface area (Å²) in [6, 6.07) is 0.0573. The highest BCUT2D eigenvalue weighted by Gasteiger charge is 2.52. The van der Waals surface area contributed by atoms with Gasteiger partial charge in [0.1, 0.15) is 0 Å². The van der Waals surface area contributed by atoms with Crippen LogP contribution >= 0.6 is 0 Å². The summed E-state index contributed by atoms with van der Waals surface area (Å²) in [5.41, 5.74) is -0.111. The molecule has 0 aromatic heterocycles. The Hall–Kier alpha value is -1.30. The Labute approximate surface area is 138 Å². The zero-order valence-corrected chi connectivity index (χ0v) is 14.2. The highest BCUT2D eigenvalue weighted by Crippen LogP contribution is 2.48. The number of rotatable bonds is 4. The van der Waals surface area contributed by atoms with Crippen LogP contribution in [-0.4, -0.2) is 52.7 Å². The van der Waals surface area contributed by atoms with Crippen molar-refractivity contribution in [1.82, 2.24) is 15.5 Å². The van der Waals surface area contributed by atoms with Gasteiger partial charge in [0, 0.05) is 31.6 Å². The molecule has 6 nitrogen and oxygen atoms in total. The van der Waals surface area contributed by atoms with Crippen molar-refractivity contribution in [2.75, 3.05) is 13.1 Å². The molecule has 3 amide bonds. The van der Waals surface area contributed by atoms with Crippen molar-refractivity contribution in [2.45, 2.75) is 70.1 Å². The molecule has 1 unspecified atom stereocenters. The minimum atomic E-state index is -0.187. The molecule has 1 heterocycles. The van der Waals surface area contributed by atoms with E-state index in [-0.39, 0.29) is 29.6 Å². The highest BCUT2D eigenvalue weighted by atomic mass is 16.3. The largest absolute Gasteiger partial charge is 0.393 e. The Kier molecular flexibility index (Phi) is 4.54. The molecule has 3 fully saturated rings. The Morgan fingerprint density at radius 1 is 1.26 bits per heavy atom. The average molecular weight is 323 g/mol. The van der Waals surface area contributed by atoms with Gasteiger partial charge in [0.05, 0.1) is 6.10 Å². The number of hydrogen-bond donors (Lipinski definition) is 3. The number of urea groups is 1. The number of carbonyl (C=O) groups is 2. The van der Waals surface area contributed by atoms with Gasteiger partial charge in [-0.15, -0.1) is 0 Å². The second-order valence-electron chi connectivity index (χ2n) is 7.73. The standard InChI is InChI=1S/C17H29N3O3/c1-11-14(15(11)22)10-17(6-3-7-17)19-16(23)18-13-4-8-20(9-5-13)12(2)21/h11,13-15,22H,3-10H2,1-2H3,(H2,18,19,23)/t11-,14?,15-/m1/s1. The summed E-state index contributed by atoms with van der Waals surface area (Å²) in [6.45, 7) is 5.10. The molecule has 1 saturated heterocycles. The highest BCUT2D eigenvalue weighted by molar-refractivity contribution is 5.75. The first kappa shape index (κ1) is 16.6. The minimum Gasteiger partial charge on any atom is -0.393 e. The average Bonchev–Trinajstić information content (AvgIpc) is 3.03. The first-order valence-electron chi connectivity index (χ1n) is 8.92. The van der Waals surface area contributed by atoms with Crippen LogP contribution in [0.4, 0.5) is 4.79 Å². The van der Waals surface area contributed by atoms with Gasteiger partial charge in [-0.25, -0.2) is 4.79 Å². The number of aliphatic hydroxyl groups excluding tert-OH is 1. The lowest BCUT2D eigenvalue weighted by Gasteiger charge is -2.43. The van der Waals surface area contributed by atoms with Gasteiger partial charge in [-0.1, -0.05) is 6.92 Å². The maximum absolute atomic E-state index is 12.3. The van der Waals surface area contributed by atoms with Gasteiger partial charge in [-0.2, -0.15) is 0 Å². The van der Waals surface area contributed by atoms with Gasteiger partial charge in [0.25, 0.3) is 0 Å². The number of aliphatic hydroxyl groups is 1. The van der Waals surface area contributed by atoms with Crippen molar-refractivity contribution in [3.63, 3.8) is 0 Å². The molecule has 6 heteroatoms. The summed E-state index contributed by atoms with van der Waals surface area (Å²) in [4.78, 5) is 25.5. The summed E-state index contributed by atoms with van der Waals surface area (Å²) in [6.07, 6.45) is 5.52. The maximum atomic E-state index is 12.3. The molecule has 130 valence electrons. The summed E-state index contributed by atoms with van der Waals surface area (Å²) in [5.74, 6) is 0.820. The fourth-order valence-electron chi connectivity index (χ4n) is 4.06. The van der Waals surface area contributed by atoms with Gasteiger partial charge in [-0.05, 0) is 50.4 Å². The van der Waals surface area contributed by atoms with E-state index in [2.05, 4.69) is 17.6 Å². The lowest BCUT2D eigenvalue weighted by atomic mass is 9.73. The molecule has 0 spiro atoms. The van der Waals surface area contributed by atoms with Crippen molar-refractivity contribution >= 4 is 11.9 Å². The molecule has 2 aliphatic carbocycles. The monoisotopic (exact) mass is 323 g/mol. The van der Waals surface area contributed by atoms with Crippen LogP contribution in [0.2, 0.25) is 0 Å². The lowest BCUT2D eigenvalue weighted by molar-refractivity contribution is -0.129. The Balaban J connectivity index is 1.44. The molecular formula is C17H29N3O3. The predicted octanol–water partition coefficient (Wildman–Crippen LogP) is 1.24. The SMILES string of the molecule is CC(=O)N1CCC(NC(=O)NC2(CC3[C@@H](C)[C@H]3O)CCC2)CC1. The molecule has 23 heavy (non-hydrogen) atoms. The third-order valence-corrected chi connectivity index (χ3v) is 6.10. The zero-order chi connectivity index (χ0) is 16.6. The predicted molar refractivity (Wildman–Crippen MR) is 86.8 cm³/mol. The third-order valence-electron chi connectivity index (χ3n) is 6.10. The first-order valence-corrected chi connectivity index (χ1v) is 8.92. The number of carbonyl (C=O) groups excluding carboxylic acids is 2. The summed E-state index contributed by atoms with van der Waals surface area (Å²) in [5, 5.41) is 16.0. The smallest absolute Gasteiger partial charge is 0.315 e. The van der Waals surface area contributed by atoms with Crippen molar-refractivity contribution in [3.05, 3.63) is 0 Å². The minimum absolute atomic E-state index is 0.0891. The van der Waals surface area contributed by atoms with Crippen LogP contribution in [0.15, 0.2) is 0 Å². The molecule has 0 aromatic rings. The molecule has 0 aromatic carbocycles. The van der Waals surface area contributed by atoms with Crippen molar-refractivity contribution in [1.29, 1.82) is 0 Å². The van der Waals surface area contributed by atoms with Crippen molar-refractivity contribution in [2.24, 2.45) is 11.8 Å². The van der Waals surface area contributed by atoms with Crippen LogP contribution in [0.3, 0.4) is 0 Å². The van der Waals surface area contributed by atoms with E-state index >= 15 is 0 Å². The van der Waals surface area contributed by atoms with E-state index in [9.17, 15) is 14.7 Å². The van der Waals surface area contributed by atoms with Crippen LogP contribution in [0.1, 0.15) is 52.4 Å². The summed E-state index contributed by atoms with van der Waals surface area (Å²) >= 11 is 0. The number of amides is 3. The lowest BCUT2D eigenvalue weighted by Crippen LogP contribution is -2.58. The Morgan fingerprint density at radius 2 is 1.87 bits per heavy atom. The number of nitrogens with zero attached hydrogens (tertiary/aromatic N) is 1. The molecule has 1 aliphatic heterocycles. The van der Waals surface area contributed by atoms with Gasteiger partial charge < -0.3 is 20.6 Å². The van der Waals surface area contributed by atoms with E-state index < -0.39 is 0 Å². The van der Waals surface area contributed by atoms with E-state index in [4.69, 9.17) is 0 Å². The molecule has 2 saturated carbocycles. The number of likely N-dealkylation sites (tertiary alicyclic amines) is 1. The van der Waals surface area contributed by atoms with E-state index in [0.717, 1.165) is 51.6 Å². The molecule has 0 radical (unpaired) electrons. The first-order chi connectivity index (χ1) is 10.9. The van der Waals surface area contributed by atoms with Crippen LogP contribution < -0.4 is 10.6 Å².